The molecule has 0 saturated carbocycles. The second-order valence-electron chi connectivity index (χ2n) is 0. The molecule has 0 amide bonds. The summed E-state index contributed by atoms with van der Waals surface area (Å²) in [5.41, 5.74) is 0. The van der Waals surface area contributed by atoms with Gasteiger partial charge in [-0.05, 0) is 0 Å². The molecule has 0 aliphatic carbocycles. The van der Waals surface area contributed by atoms with Crippen LogP contribution in [-0.4, -0.2) is 0 Å². The van der Waals surface area contributed by atoms with Gasteiger partial charge in [-0.2, -0.15) is 0 Å². The molecule has 4 heavy (non-hydrogen) atoms. The van der Waals surface area contributed by atoms with Gasteiger partial charge in [0.15, 0.2) is 0 Å². The normalized spacial score (nSPS) is 0. The second-order valence-corrected chi connectivity index (χ2v) is 0. The summed E-state index contributed by atoms with van der Waals surface area (Å²) in [6.45, 7) is 0. The van der Waals surface area contributed by atoms with Crippen LogP contribution in [0.1, 0.15) is 4.28 Å². The quantitative estimate of drug-likeness (QED) is 0.286. The van der Waals surface area contributed by atoms with Crippen LogP contribution in [0.5, 0.6) is 0 Å². The molecule has 0 aromatic carbocycles. The van der Waals surface area contributed by atoms with Crippen LogP contribution >= 0.6 is 0 Å². The zero-order valence-corrected chi connectivity index (χ0v) is 10.4. The molecule has 0 aromatic rings. The molecule has 0 aliphatic heterocycles. The monoisotopic (exact) mass is 131 g/mol. The van der Waals surface area contributed by atoms with Gasteiger partial charge < -0.3 is 4.28 Å². The average Bonchev–Trinajstić information content (AvgIpc) is 0. The van der Waals surface area contributed by atoms with Crippen LogP contribution in [0.4, 0.5) is 0 Å². The van der Waals surface area contributed by atoms with E-state index in [-0.39, 0.29) is 110 Å². The Morgan fingerprint density at radius 3 is 0.750 bits per heavy atom. The fraction of sp³-hybridized carbons (Fsp3) is 0. The Morgan fingerprint density at radius 1 is 0.750 bits per heavy atom. The van der Waals surface area contributed by atoms with Gasteiger partial charge in [-0.15, -0.1) is 0 Å². The summed E-state index contributed by atoms with van der Waals surface area (Å²) in [6.07, 6.45) is 0. The van der Waals surface area contributed by atoms with E-state index in [9.17, 15) is 0 Å². The zero-order valence-electron chi connectivity index (χ0n) is 6.33. The van der Waals surface area contributed by atoms with Gasteiger partial charge >= 0.3 is 88.7 Å². The predicted molar refractivity (Wildman–Crippen MR) is 3.34 cm³/mol. The minimum absolute atomic E-state index is 0. The summed E-state index contributed by atoms with van der Waals surface area (Å²) < 4.78 is 0. The summed E-state index contributed by atoms with van der Waals surface area (Å²) in [5, 5.41) is 0. The summed E-state index contributed by atoms with van der Waals surface area (Å²) >= 11 is 0. The number of rotatable bonds is 0. The Balaban J connectivity index is 0. The molecule has 0 aromatic heterocycles. The van der Waals surface area contributed by atoms with Crippen molar-refractivity contribution in [1.82, 2.24) is 0 Å². The molecule has 0 rings (SSSR count). The standard InChI is InChI=1S/Co.3Na.3H/q;3*+1;3*-1. The van der Waals surface area contributed by atoms with Gasteiger partial charge in [-0.25, -0.2) is 0 Å². The molecule has 0 aliphatic rings. The summed E-state index contributed by atoms with van der Waals surface area (Å²) in [7, 11) is 0. The molecular weight excluding hydrogens is 128 g/mol. The van der Waals surface area contributed by atoms with Crippen molar-refractivity contribution in [1.29, 1.82) is 0 Å². The largest absolute Gasteiger partial charge is 1.00 e. The molecule has 0 heterocycles. The molecule has 4 heteroatoms. The van der Waals surface area contributed by atoms with E-state index in [1.54, 1.807) is 0 Å². The maximum atomic E-state index is 0. The summed E-state index contributed by atoms with van der Waals surface area (Å²) in [5.74, 6) is 0. The Bertz CT molecular complexity index is 10.1. The zero-order chi connectivity index (χ0) is 0. The van der Waals surface area contributed by atoms with Gasteiger partial charge in [0, 0.05) is 16.8 Å². The van der Waals surface area contributed by atoms with Gasteiger partial charge in [0.1, 0.15) is 0 Å². The fourth-order valence-electron chi connectivity index (χ4n) is 0. The molecule has 0 nitrogen and oxygen atoms in total. The summed E-state index contributed by atoms with van der Waals surface area (Å²) in [6, 6.07) is 0. The molecule has 0 bridgehead atoms. The van der Waals surface area contributed by atoms with E-state index in [1.165, 1.54) is 0 Å². The molecule has 0 spiro atoms. The van der Waals surface area contributed by atoms with E-state index in [2.05, 4.69) is 0 Å². The molecule has 0 N–H and O–H groups in total. The van der Waals surface area contributed by atoms with Crippen molar-refractivity contribution in [3.63, 3.8) is 0 Å². The first kappa shape index (κ1) is 25.8. The third kappa shape index (κ3) is 9.10. The third-order valence-electron chi connectivity index (χ3n) is 0. The van der Waals surface area contributed by atoms with Crippen LogP contribution < -0.4 is 88.7 Å². The van der Waals surface area contributed by atoms with Gasteiger partial charge in [0.05, 0.1) is 0 Å². The van der Waals surface area contributed by atoms with Gasteiger partial charge in [-0.1, -0.05) is 0 Å². The predicted octanol–water partition coefficient (Wildman–Crippen LogP) is -8.65. The Hall–Kier alpha value is 3.51. The molecule has 15 valence electrons. The Kier molecular flexibility index (Phi) is 104. The SMILES string of the molecule is [Co].[H-].[H-].[H-].[Na+].[Na+].[Na+]. The van der Waals surface area contributed by atoms with Crippen LogP contribution in [0.25, 0.3) is 0 Å². The van der Waals surface area contributed by atoms with Crippen LogP contribution in [0.2, 0.25) is 0 Å². The van der Waals surface area contributed by atoms with Crippen molar-refractivity contribution in [2.24, 2.45) is 0 Å². The third-order valence-corrected chi connectivity index (χ3v) is 0. The number of hydrogen-bond acceptors (Lipinski definition) is 0. The first-order chi connectivity index (χ1) is 0. The average molecular weight is 131 g/mol. The first-order valence-corrected chi connectivity index (χ1v) is 0. The van der Waals surface area contributed by atoms with E-state index in [4.69, 9.17) is 0 Å². The van der Waals surface area contributed by atoms with Crippen molar-refractivity contribution in [2.75, 3.05) is 0 Å². The minimum atomic E-state index is 0. The van der Waals surface area contributed by atoms with Crippen LogP contribution in [0.15, 0.2) is 0 Å². The minimum Gasteiger partial charge on any atom is -1.00 e. The molecule has 0 atom stereocenters. The van der Waals surface area contributed by atoms with E-state index >= 15 is 0 Å². The topological polar surface area (TPSA) is 0 Å². The first-order valence-electron chi connectivity index (χ1n) is 0. The van der Waals surface area contributed by atoms with E-state index in [0.717, 1.165) is 0 Å². The summed E-state index contributed by atoms with van der Waals surface area (Å²) in [4.78, 5) is 0. The molecule has 0 saturated heterocycles. The van der Waals surface area contributed by atoms with Crippen molar-refractivity contribution in [2.45, 2.75) is 0 Å². The second kappa shape index (κ2) is 16.0. The van der Waals surface area contributed by atoms with Gasteiger partial charge in [0.2, 0.25) is 0 Å². The maximum Gasteiger partial charge on any atom is 1.00 e. The fourth-order valence-corrected chi connectivity index (χ4v) is 0. The molecule has 1 radical (unpaired) electrons. The van der Waals surface area contributed by atoms with E-state index < -0.39 is 0 Å². The van der Waals surface area contributed by atoms with Crippen LogP contribution in [0.3, 0.4) is 0 Å². The van der Waals surface area contributed by atoms with Gasteiger partial charge in [0.25, 0.3) is 0 Å². The molecule has 0 fully saturated rings. The van der Waals surface area contributed by atoms with Crippen molar-refractivity contribution >= 4 is 0 Å². The van der Waals surface area contributed by atoms with Crippen molar-refractivity contribution in [3.05, 3.63) is 0 Å². The van der Waals surface area contributed by atoms with E-state index in [0.29, 0.717) is 0 Å². The van der Waals surface area contributed by atoms with Gasteiger partial charge in [-0.3, -0.25) is 0 Å². The number of hydrogen-bond donors (Lipinski definition) is 0. The van der Waals surface area contributed by atoms with Crippen molar-refractivity contribution < 1.29 is 110 Å². The van der Waals surface area contributed by atoms with E-state index in [1.807, 2.05) is 0 Å². The smallest absolute Gasteiger partial charge is 1.00 e. The van der Waals surface area contributed by atoms with Crippen molar-refractivity contribution in [3.8, 4) is 0 Å². The van der Waals surface area contributed by atoms with Crippen LogP contribution in [-0.2, 0) is 16.8 Å². The van der Waals surface area contributed by atoms with Crippen LogP contribution in [0, 0.1) is 0 Å². The molecule has 0 unspecified atom stereocenters. The molecular formula is H3CoNa3. The Labute approximate surface area is 107 Å². The Morgan fingerprint density at radius 2 is 0.750 bits per heavy atom. The maximum absolute atomic E-state index is 0.